The molecule has 0 fully saturated rings. The minimum absolute atomic E-state index is 0.623. The number of methoxy groups -OCH3 is 1. The first-order valence-electron chi connectivity index (χ1n) is 4.74. The van der Waals surface area contributed by atoms with Crippen LogP contribution in [0.5, 0.6) is 5.88 Å². The van der Waals surface area contributed by atoms with Gasteiger partial charge in [-0.25, -0.2) is 4.98 Å². The van der Waals surface area contributed by atoms with Crippen LogP contribution in [0, 0.1) is 13.8 Å². The Morgan fingerprint density at radius 2 is 2.07 bits per heavy atom. The minimum atomic E-state index is 0.623. The zero-order valence-electron chi connectivity index (χ0n) is 9.03. The standard InChI is InChI=1S/C11H13N3O/c1-7-11(8(2)14-13-7)9-4-5-10(15-3)12-6-9/h4-6H,1-3H3,(H,13,14). The fourth-order valence-corrected chi connectivity index (χ4v) is 1.63. The molecule has 2 aromatic rings. The molecule has 0 spiro atoms. The Kier molecular flexibility index (Phi) is 2.41. The molecule has 0 aliphatic carbocycles. The van der Waals surface area contributed by atoms with Crippen LogP contribution in [0.2, 0.25) is 0 Å². The van der Waals surface area contributed by atoms with Crippen LogP contribution in [-0.4, -0.2) is 22.3 Å². The van der Waals surface area contributed by atoms with E-state index in [4.69, 9.17) is 4.74 Å². The van der Waals surface area contributed by atoms with Crippen LogP contribution >= 0.6 is 0 Å². The number of ether oxygens (including phenoxy) is 1. The normalized spacial score (nSPS) is 10.3. The van der Waals surface area contributed by atoms with Crippen molar-refractivity contribution in [1.29, 1.82) is 0 Å². The quantitative estimate of drug-likeness (QED) is 0.813. The molecule has 0 aromatic carbocycles. The van der Waals surface area contributed by atoms with Gasteiger partial charge in [-0.15, -0.1) is 0 Å². The lowest BCUT2D eigenvalue weighted by atomic mass is 10.1. The highest BCUT2D eigenvalue weighted by Gasteiger charge is 2.08. The molecule has 0 bridgehead atoms. The van der Waals surface area contributed by atoms with Gasteiger partial charge in [0.25, 0.3) is 0 Å². The average molecular weight is 203 g/mol. The Balaban J connectivity index is 2.45. The molecule has 0 saturated carbocycles. The molecule has 0 unspecified atom stereocenters. The summed E-state index contributed by atoms with van der Waals surface area (Å²) in [7, 11) is 1.61. The first-order chi connectivity index (χ1) is 7.22. The van der Waals surface area contributed by atoms with E-state index in [0.717, 1.165) is 22.5 Å². The molecule has 0 atom stereocenters. The third-order valence-corrected chi connectivity index (χ3v) is 2.36. The van der Waals surface area contributed by atoms with Crippen molar-refractivity contribution < 1.29 is 4.74 Å². The first-order valence-corrected chi connectivity index (χ1v) is 4.74. The van der Waals surface area contributed by atoms with Gasteiger partial charge < -0.3 is 4.74 Å². The summed E-state index contributed by atoms with van der Waals surface area (Å²) >= 11 is 0. The van der Waals surface area contributed by atoms with Gasteiger partial charge >= 0.3 is 0 Å². The van der Waals surface area contributed by atoms with Crippen molar-refractivity contribution in [2.75, 3.05) is 7.11 Å². The summed E-state index contributed by atoms with van der Waals surface area (Å²) in [4.78, 5) is 4.17. The van der Waals surface area contributed by atoms with Gasteiger partial charge in [-0.1, -0.05) is 0 Å². The SMILES string of the molecule is COc1ccc(-c2c(C)n[nH]c2C)cn1. The molecule has 0 radical (unpaired) electrons. The van der Waals surface area contributed by atoms with E-state index in [1.165, 1.54) is 0 Å². The smallest absolute Gasteiger partial charge is 0.212 e. The third kappa shape index (κ3) is 1.70. The Bertz CT molecular complexity index is 440. The number of nitrogens with zero attached hydrogens (tertiary/aromatic N) is 2. The summed E-state index contributed by atoms with van der Waals surface area (Å²) in [5, 5.41) is 7.11. The topological polar surface area (TPSA) is 50.8 Å². The van der Waals surface area contributed by atoms with Gasteiger partial charge in [-0.05, 0) is 19.9 Å². The van der Waals surface area contributed by atoms with Gasteiger partial charge in [0.2, 0.25) is 5.88 Å². The van der Waals surface area contributed by atoms with Crippen LogP contribution in [0.15, 0.2) is 18.3 Å². The summed E-state index contributed by atoms with van der Waals surface area (Å²) in [6.07, 6.45) is 1.80. The highest BCUT2D eigenvalue weighted by molar-refractivity contribution is 5.67. The van der Waals surface area contributed by atoms with Crippen LogP contribution in [0.1, 0.15) is 11.4 Å². The second-order valence-electron chi connectivity index (χ2n) is 3.40. The Labute approximate surface area is 88.3 Å². The summed E-state index contributed by atoms with van der Waals surface area (Å²) in [5.74, 6) is 0.623. The van der Waals surface area contributed by atoms with Gasteiger partial charge in [-0.2, -0.15) is 5.10 Å². The van der Waals surface area contributed by atoms with Gasteiger partial charge in [0.15, 0.2) is 0 Å². The highest BCUT2D eigenvalue weighted by Crippen LogP contribution is 2.25. The van der Waals surface area contributed by atoms with Crippen molar-refractivity contribution in [2.45, 2.75) is 13.8 Å². The number of nitrogens with one attached hydrogen (secondary N) is 1. The molecular weight excluding hydrogens is 190 g/mol. The second kappa shape index (κ2) is 3.73. The summed E-state index contributed by atoms with van der Waals surface area (Å²) in [6, 6.07) is 3.83. The summed E-state index contributed by atoms with van der Waals surface area (Å²) in [5.41, 5.74) is 4.21. The Hall–Kier alpha value is -1.84. The monoisotopic (exact) mass is 203 g/mol. The molecule has 78 valence electrons. The lowest BCUT2D eigenvalue weighted by Gasteiger charge is -2.02. The maximum atomic E-state index is 5.01. The minimum Gasteiger partial charge on any atom is -0.481 e. The number of rotatable bonds is 2. The van der Waals surface area contributed by atoms with Crippen LogP contribution in [0.25, 0.3) is 11.1 Å². The largest absolute Gasteiger partial charge is 0.481 e. The van der Waals surface area contributed by atoms with Crippen molar-refractivity contribution in [3.8, 4) is 17.0 Å². The van der Waals surface area contributed by atoms with Gasteiger partial charge in [0, 0.05) is 29.1 Å². The zero-order chi connectivity index (χ0) is 10.8. The molecule has 0 aliphatic heterocycles. The average Bonchev–Trinajstić information content (AvgIpc) is 2.59. The maximum absolute atomic E-state index is 5.01. The Morgan fingerprint density at radius 1 is 1.27 bits per heavy atom. The maximum Gasteiger partial charge on any atom is 0.212 e. The van der Waals surface area contributed by atoms with E-state index in [1.54, 1.807) is 13.3 Å². The summed E-state index contributed by atoms with van der Waals surface area (Å²) in [6.45, 7) is 3.97. The first kappa shape index (κ1) is 9.71. The van der Waals surface area contributed by atoms with E-state index in [0.29, 0.717) is 5.88 Å². The number of H-pyrrole nitrogens is 1. The molecular formula is C11H13N3O. The number of aromatic nitrogens is 3. The Morgan fingerprint density at radius 3 is 2.53 bits per heavy atom. The van der Waals surface area contributed by atoms with E-state index in [2.05, 4.69) is 15.2 Å². The molecule has 0 saturated heterocycles. The fraction of sp³-hybridized carbons (Fsp3) is 0.273. The van der Waals surface area contributed by atoms with E-state index in [1.807, 2.05) is 26.0 Å². The lowest BCUT2D eigenvalue weighted by molar-refractivity contribution is 0.398. The van der Waals surface area contributed by atoms with Crippen LogP contribution in [0.3, 0.4) is 0 Å². The second-order valence-corrected chi connectivity index (χ2v) is 3.40. The zero-order valence-corrected chi connectivity index (χ0v) is 9.03. The molecule has 2 aromatic heterocycles. The lowest BCUT2D eigenvalue weighted by Crippen LogP contribution is -1.88. The predicted octanol–water partition coefficient (Wildman–Crippen LogP) is 2.10. The van der Waals surface area contributed by atoms with E-state index < -0.39 is 0 Å². The van der Waals surface area contributed by atoms with Gasteiger partial charge in [0.1, 0.15) is 0 Å². The van der Waals surface area contributed by atoms with E-state index in [-0.39, 0.29) is 0 Å². The molecule has 0 amide bonds. The van der Waals surface area contributed by atoms with Crippen LogP contribution in [-0.2, 0) is 0 Å². The fourth-order valence-electron chi connectivity index (χ4n) is 1.63. The molecule has 2 rings (SSSR count). The number of aryl methyl sites for hydroxylation is 2. The molecule has 2 heterocycles. The van der Waals surface area contributed by atoms with E-state index in [9.17, 15) is 0 Å². The number of aromatic amines is 1. The van der Waals surface area contributed by atoms with Gasteiger partial charge in [-0.3, -0.25) is 5.10 Å². The molecule has 15 heavy (non-hydrogen) atoms. The van der Waals surface area contributed by atoms with E-state index >= 15 is 0 Å². The predicted molar refractivity (Wildman–Crippen MR) is 57.8 cm³/mol. The third-order valence-electron chi connectivity index (χ3n) is 2.36. The number of hydrogen-bond acceptors (Lipinski definition) is 3. The van der Waals surface area contributed by atoms with Crippen molar-refractivity contribution in [3.63, 3.8) is 0 Å². The molecule has 0 aliphatic rings. The number of pyridine rings is 1. The molecule has 4 heteroatoms. The van der Waals surface area contributed by atoms with Crippen molar-refractivity contribution in [3.05, 3.63) is 29.7 Å². The van der Waals surface area contributed by atoms with Crippen LogP contribution < -0.4 is 4.74 Å². The molecule has 1 N–H and O–H groups in total. The van der Waals surface area contributed by atoms with Crippen molar-refractivity contribution >= 4 is 0 Å². The highest BCUT2D eigenvalue weighted by atomic mass is 16.5. The van der Waals surface area contributed by atoms with Crippen molar-refractivity contribution in [2.24, 2.45) is 0 Å². The van der Waals surface area contributed by atoms with Crippen molar-refractivity contribution in [1.82, 2.24) is 15.2 Å². The van der Waals surface area contributed by atoms with Crippen LogP contribution in [0.4, 0.5) is 0 Å². The number of hydrogen-bond donors (Lipinski definition) is 1. The summed E-state index contributed by atoms with van der Waals surface area (Å²) < 4.78 is 5.01. The van der Waals surface area contributed by atoms with Gasteiger partial charge in [0.05, 0.1) is 12.8 Å². The molecule has 4 nitrogen and oxygen atoms in total.